The number of benzene rings is 2. The van der Waals surface area contributed by atoms with Gasteiger partial charge in [0.25, 0.3) is 0 Å². The number of unbranched alkanes of at least 4 members (excludes halogenated alkanes) is 12. The molecule has 7 heteroatoms. The summed E-state index contributed by atoms with van der Waals surface area (Å²) in [5.41, 5.74) is 3.54. The van der Waals surface area contributed by atoms with Crippen LogP contribution in [-0.2, 0) is 20.9 Å². The van der Waals surface area contributed by atoms with Crippen molar-refractivity contribution >= 4 is 11.6 Å². The third-order valence-electron chi connectivity index (χ3n) is 9.76. The molecule has 4 rings (SSSR count). The van der Waals surface area contributed by atoms with E-state index in [0.29, 0.717) is 13.0 Å². The van der Waals surface area contributed by atoms with Crippen molar-refractivity contribution in [2.45, 2.75) is 141 Å². The van der Waals surface area contributed by atoms with Crippen molar-refractivity contribution < 1.29 is 24.5 Å². The number of carbonyl (C=O) groups excluding carboxylic acids is 1. The molecule has 2 fully saturated rings. The second kappa shape index (κ2) is 20.2. The van der Waals surface area contributed by atoms with Crippen molar-refractivity contribution in [1.29, 1.82) is 0 Å². The zero-order valence-corrected chi connectivity index (χ0v) is 28.5. The quantitative estimate of drug-likeness (QED) is 0.126. The lowest BCUT2D eigenvalue weighted by Gasteiger charge is -2.42. The van der Waals surface area contributed by atoms with Crippen molar-refractivity contribution in [3.63, 3.8) is 0 Å². The Morgan fingerprint density at radius 1 is 0.870 bits per heavy atom. The Kier molecular flexibility index (Phi) is 16.0. The number of nitrogens with one attached hydrogen (secondary N) is 1. The van der Waals surface area contributed by atoms with E-state index in [0.717, 1.165) is 54.7 Å². The van der Waals surface area contributed by atoms with E-state index in [2.05, 4.69) is 24.1 Å². The van der Waals surface area contributed by atoms with Gasteiger partial charge >= 0.3 is 0 Å². The number of carbonyl (C=O) groups is 1. The molecular formula is C39H60N2O5. The predicted octanol–water partition coefficient (Wildman–Crippen LogP) is 8.46. The number of nitrogens with zero attached hydrogens (tertiary/aromatic N) is 1. The molecule has 0 spiro atoms. The monoisotopic (exact) mass is 636 g/mol. The summed E-state index contributed by atoms with van der Waals surface area (Å²) < 4.78 is 13.2. The van der Waals surface area contributed by atoms with Crippen LogP contribution in [0.5, 0.6) is 0 Å². The van der Waals surface area contributed by atoms with E-state index in [1.807, 2.05) is 48.5 Å². The van der Waals surface area contributed by atoms with Gasteiger partial charge in [-0.15, -0.1) is 0 Å². The van der Waals surface area contributed by atoms with E-state index < -0.39 is 6.29 Å². The molecule has 0 aliphatic carbocycles. The van der Waals surface area contributed by atoms with Gasteiger partial charge in [-0.25, -0.2) is 0 Å². The van der Waals surface area contributed by atoms with Crippen molar-refractivity contribution in [2.75, 3.05) is 25.0 Å². The predicted molar refractivity (Wildman–Crippen MR) is 185 cm³/mol. The van der Waals surface area contributed by atoms with Gasteiger partial charge in [-0.3, -0.25) is 9.69 Å². The number of aliphatic hydroxyl groups is 2. The Labute approximate surface area is 278 Å². The molecule has 0 saturated carbocycles. The molecule has 1 unspecified atom stereocenters. The lowest BCUT2D eigenvalue weighted by atomic mass is 9.90. The maximum atomic E-state index is 12.8. The van der Waals surface area contributed by atoms with Crippen LogP contribution < -0.4 is 5.32 Å². The molecule has 7 nitrogen and oxygen atoms in total. The van der Waals surface area contributed by atoms with Gasteiger partial charge in [0, 0.05) is 43.2 Å². The molecule has 3 N–H and O–H groups in total. The molecule has 46 heavy (non-hydrogen) atoms. The van der Waals surface area contributed by atoms with E-state index in [4.69, 9.17) is 9.47 Å². The molecule has 1 amide bonds. The smallest absolute Gasteiger partial charge is 0.224 e. The first-order chi connectivity index (χ1) is 22.5. The Bertz CT molecular complexity index is 1140. The Morgan fingerprint density at radius 2 is 1.52 bits per heavy atom. The highest BCUT2D eigenvalue weighted by Gasteiger charge is 2.40. The molecule has 0 bridgehead atoms. The van der Waals surface area contributed by atoms with Gasteiger partial charge in [-0.1, -0.05) is 127 Å². The van der Waals surface area contributed by atoms with Gasteiger partial charge in [-0.05, 0) is 36.1 Å². The first kappa shape index (κ1) is 36.5. The summed E-state index contributed by atoms with van der Waals surface area (Å²) >= 11 is 0. The van der Waals surface area contributed by atoms with Crippen LogP contribution in [0.15, 0.2) is 48.5 Å². The van der Waals surface area contributed by atoms with Crippen LogP contribution in [0.4, 0.5) is 5.69 Å². The minimum absolute atomic E-state index is 0.00484. The van der Waals surface area contributed by atoms with Crippen LogP contribution in [0.25, 0.3) is 0 Å². The maximum Gasteiger partial charge on any atom is 0.224 e. The number of β-amino-alcohol motifs (C(OH)–C–C–N with tert-alkyl or cyclic N) is 1. The zero-order valence-electron chi connectivity index (χ0n) is 28.5. The normalized spacial score (nSPS) is 23.5. The highest BCUT2D eigenvalue weighted by Crippen LogP contribution is 2.42. The molecule has 2 aromatic rings. The summed E-state index contributed by atoms with van der Waals surface area (Å²) in [6.45, 7) is 6.67. The number of likely N-dealkylation sites (tertiary alicyclic amines) is 1. The third-order valence-corrected chi connectivity index (χ3v) is 9.76. The first-order valence-electron chi connectivity index (χ1n) is 18.3. The summed E-state index contributed by atoms with van der Waals surface area (Å²) in [6.07, 6.45) is 16.9. The molecule has 5 atom stereocenters. The number of anilines is 1. The van der Waals surface area contributed by atoms with E-state index in [1.54, 1.807) is 0 Å². The van der Waals surface area contributed by atoms with Crippen LogP contribution in [-0.4, -0.2) is 52.9 Å². The number of rotatable bonds is 20. The Morgan fingerprint density at radius 3 is 2.13 bits per heavy atom. The minimum atomic E-state index is -0.589. The number of hydrogen-bond acceptors (Lipinski definition) is 6. The van der Waals surface area contributed by atoms with Gasteiger partial charge in [0.05, 0.1) is 24.9 Å². The second-order valence-electron chi connectivity index (χ2n) is 13.7. The average molecular weight is 637 g/mol. The summed E-state index contributed by atoms with van der Waals surface area (Å²) in [7, 11) is 0. The molecule has 2 aliphatic heterocycles. The number of ether oxygens (including phenoxy) is 2. The fraction of sp³-hybridized carbons (Fsp3) is 0.667. The number of amides is 1. The summed E-state index contributed by atoms with van der Waals surface area (Å²) in [5.74, 6) is 0.129. The molecule has 2 aliphatic rings. The highest BCUT2D eigenvalue weighted by molar-refractivity contribution is 5.90. The van der Waals surface area contributed by atoms with Crippen LogP contribution in [0.1, 0.15) is 139 Å². The lowest BCUT2D eigenvalue weighted by molar-refractivity contribution is -0.276. The van der Waals surface area contributed by atoms with Crippen LogP contribution in [0.3, 0.4) is 0 Å². The largest absolute Gasteiger partial charge is 0.392 e. The van der Waals surface area contributed by atoms with E-state index >= 15 is 0 Å². The Balaban J connectivity index is 1.24. The second-order valence-corrected chi connectivity index (χ2v) is 13.7. The zero-order chi connectivity index (χ0) is 32.6. The van der Waals surface area contributed by atoms with E-state index in [-0.39, 0.29) is 36.7 Å². The highest BCUT2D eigenvalue weighted by atomic mass is 16.7. The van der Waals surface area contributed by atoms with E-state index in [1.165, 1.54) is 70.6 Å². The summed E-state index contributed by atoms with van der Waals surface area (Å²) in [5, 5.41) is 22.7. The molecule has 2 aromatic carbocycles. The average Bonchev–Trinajstić information content (AvgIpc) is 3.48. The van der Waals surface area contributed by atoms with Crippen LogP contribution in [0.2, 0.25) is 0 Å². The van der Waals surface area contributed by atoms with Crippen LogP contribution >= 0.6 is 0 Å². The Hall–Kier alpha value is -2.29. The summed E-state index contributed by atoms with van der Waals surface area (Å²) in [6, 6.07) is 15.8. The first-order valence-corrected chi connectivity index (χ1v) is 18.3. The third kappa shape index (κ3) is 12.1. The van der Waals surface area contributed by atoms with Crippen molar-refractivity contribution in [3.05, 3.63) is 65.2 Å². The molecular weight excluding hydrogens is 576 g/mol. The summed E-state index contributed by atoms with van der Waals surface area (Å²) in [4.78, 5) is 15.1. The fourth-order valence-electron chi connectivity index (χ4n) is 6.85. The minimum Gasteiger partial charge on any atom is -0.392 e. The molecule has 2 heterocycles. The van der Waals surface area contributed by atoms with Crippen molar-refractivity contribution in [3.8, 4) is 0 Å². The number of aliphatic hydroxyl groups excluding tert-OH is 2. The van der Waals surface area contributed by atoms with Gasteiger partial charge < -0.3 is 25.0 Å². The van der Waals surface area contributed by atoms with E-state index in [9.17, 15) is 15.0 Å². The topological polar surface area (TPSA) is 91.3 Å². The maximum absolute atomic E-state index is 12.8. The SMILES string of the molecule is CCCCCCCCCCCCCCCC(=O)Nc1cccc(C2O[C@H](CN3CC[C@@H](O)C3)[C@H](C)[C@H](c3ccc(CO)cc3)O2)c1. The number of hydrogen-bond donors (Lipinski definition) is 3. The van der Waals surface area contributed by atoms with Gasteiger partial charge in [0.2, 0.25) is 5.91 Å². The molecule has 256 valence electrons. The molecule has 2 saturated heterocycles. The van der Waals surface area contributed by atoms with Crippen LogP contribution in [0, 0.1) is 5.92 Å². The van der Waals surface area contributed by atoms with Crippen molar-refractivity contribution in [2.24, 2.45) is 5.92 Å². The molecule has 0 radical (unpaired) electrons. The van der Waals surface area contributed by atoms with Gasteiger partial charge in [0.1, 0.15) is 0 Å². The lowest BCUT2D eigenvalue weighted by Crippen LogP contribution is -2.44. The van der Waals surface area contributed by atoms with Crippen molar-refractivity contribution in [1.82, 2.24) is 4.90 Å². The van der Waals surface area contributed by atoms with Gasteiger partial charge in [0.15, 0.2) is 6.29 Å². The standard InChI is InChI=1S/C39H60N2O5/c1-3-4-5-6-7-8-9-10-11-12-13-14-15-19-37(44)40-34-18-16-17-33(26-34)39-45-36(28-41-25-24-35(43)27-41)30(2)38(46-39)32-22-20-31(29-42)21-23-32/h16-18,20-23,26,30,35-36,38-39,42-43H,3-15,19,24-25,27-29H2,1-2H3,(H,40,44)/t30-,35+,36+,38+,39?/m0/s1. The fourth-order valence-corrected chi connectivity index (χ4v) is 6.85. The molecule has 0 aromatic heterocycles. The van der Waals surface area contributed by atoms with Gasteiger partial charge in [-0.2, -0.15) is 0 Å².